The first-order valence-electron chi connectivity index (χ1n) is 6.81. The number of rotatable bonds is 2. The minimum absolute atomic E-state index is 0.0530. The molecule has 0 saturated heterocycles. The van der Waals surface area contributed by atoms with Gasteiger partial charge in [-0.3, -0.25) is 9.59 Å². The van der Waals surface area contributed by atoms with Crippen molar-refractivity contribution in [3.05, 3.63) is 76.1 Å². The summed E-state index contributed by atoms with van der Waals surface area (Å²) >= 11 is 0. The number of benzene rings is 2. The largest absolute Gasteiger partial charge is 0.350 e. The van der Waals surface area contributed by atoms with E-state index in [1.165, 1.54) is 6.20 Å². The van der Waals surface area contributed by atoms with Gasteiger partial charge < -0.3 is 9.88 Å². The Morgan fingerprint density at radius 3 is 2.43 bits per heavy atom. The molecule has 0 spiro atoms. The second-order valence-electron chi connectivity index (χ2n) is 5.11. The molecular formula is C17H12F2N2O2. The fraction of sp³-hybridized carbons (Fsp3) is 0.0588. The van der Waals surface area contributed by atoms with Crippen LogP contribution in [0.4, 0.5) is 14.5 Å². The summed E-state index contributed by atoms with van der Waals surface area (Å²) in [7, 11) is 1.71. The third kappa shape index (κ3) is 2.83. The fourth-order valence-electron chi connectivity index (χ4n) is 2.43. The van der Waals surface area contributed by atoms with Crippen LogP contribution in [0.5, 0.6) is 0 Å². The number of aryl methyl sites for hydroxylation is 1. The van der Waals surface area contributed by atoms with Gasteiger partial charge in [0.2, 0.25) is 5.43 Å². The first-order chi connectivity index (χ1) is 11.0. The van der Waals surface area contributed by atoms with Crippen LogP contribution in [0.3, 0.4) is 0 Å². The van der Waals surface area contributed by atoms with Crippen molar-refractivity contribution in [2.45, 2.75) is 0 Å². The zero-order valence-electron chi connectivity index (χ0n) is 12.1. The molecule has 0 atom stereocenters. The average Bonchev–Trinajstić information content (AvgIpc) is 2.50. The molecule has 0 aliphatic heterocycles. The van der Waals surface area contributed by atoms with Crippen LogP contribution in [-0.4, -0.2) is 10.5 Å². The lowest BCUT2D eigenvalue weighted by molar-refractivity contribution is 0.102. The van der Waals surface area contributed by atoms with E-state index in [0.717, 1.165) is 12.1 Å². The molecule has 0 radical (unpaired) electrons. The summed E-state index contributed by atoms with van der Waals surface area (Å²) in [5.74, 6) is -2.35. The van der Waals surface area contributed by atoms with Gasteiger partial charge in [-0.25, -0.2) is 8.78 Å². The van der Waals surface area contributed by atoms with Gasteiger partial charge in [0, 0.05) is 30.4 Å². The highest BCUT2D eigenvalue weighted by molar-refractivity contribution is 6.05. The van der Waals surface area contributed by atoms with Gasteiger partial charge in [-0.05, 0) is 24.3 Å². The normalized spacial score (nSPS) is 10.7. The Kier molecular flexibility index (Phi) is 3.65. The fourth-order valence-corrected chi connectivity index (χ4v) is 2.43. The molecule has 0 unspecified atom stereocenters. The second kappa shape index (κ2) is 5.64. The van der Waals surface area contributed by atoms with E-state index >= 15 is 0 Å². The van der Waals surface area contributed by atoms with Crippen LogP contribution < -0.4 is 10.7 Å². The van der Waals surface area contributed by atoms with Crippen molar-refractivity contribution in [3.8, 4) is 0 Å². The number of aromatic nitrogens is 1. The van der Waals surface area contributed by atoms with Gasteiger partial charge in [-0.15, -0.1) is 0 Å². The van der Waals surface area contributed by atoms with Gasteiger partial charge in [0.05, 0.1) is 5.52 Å². The zero-order valence-corrected chi connectivity index (χ0v) is 12.1. The summed E-state index contributed by atoms with van der Waals surface area (Å²) in [5.41, 5.74) is 0.0949. The van der Waals surface area contributed by atoms with Gasteiger partial charge in [0.1, 0.15) is 17.2 Å². The highest BCUT2D eigenvalue weighted by Gasteiger charge is 2.15. The number of anilines is 1. The molecule has 0 aliphatic carbocycles. The number of hydrogen-bond donors (Lipinski definition) is 1. The van der Waals surface area contributed by atoms with Gasteiger partial charge >= 0.3 is 0 Å². The van der Waals surface area contributed by atoms with E-state index in [2.05, 4.69) is 5.32 Å². The molecule has 1 N–H and O–H groups in total. The summed E-state index contributed by atoms with van der Waals surface area (Å²) in [6, 6.07) is 9.53. The Morgan fingerprint density at radius 2 is 1.74 bits per heavy atom. The highest BCUT2D eigenvalue weighted by atomic mass is 19.1. The molecule has 0 saturated carbocycles. The highest BCUT2D eigenvalue weighted by Crippen LogP contribution is 2.15. The van der Waals surface area contributed by atoms with Gasteiger partial charge in [0.15, 0.2) is 0 Å². The quantitative estimate of drug-likeness (QED) is 0.790. The molecular weight excluding hydrogens is 302 g/mol. The molecule has 1 amide bonds. The third-order valence-electron chi connectivity index (χ3n) is 3.46. The Hall–Kier alpha value is -3.02. The van der Waals surface area contributed by atoms with Crippen molar-refractivity contribution in [1.29, 1.82) is 0 Å². The molecule has 0 fully saturated rings. The summed E-state index contributed by atoms with van der Waals surface area (Å²) < 4.78 is 28.0. The van der Waals surface area contributed by atoms with E-state index in [1.54, 1.807) is 35.9 Å². The maximum Gasteiger partial charge on any atom is 0.261 e. The summed E-state index contributed by atoms with van der Waals surface area (Å²) in [5, 5.41) is 2.74. The Bertz CT molecular complexity index is 960. The molecule has 2 aromatic carbocycles. The lowest BCUT2D eigenvalue weighted by atomic mass is 10.1. The maximum atomic E-state index is 13.2. The van der Waals surface area contributed by atoms with Gasteiger partial charge in [0.25, 0.3) is 5.91 Å². The van der Waals surface area contributed by atoms with Gasteiger partial charge in [-0.2, -0.15) is 0 Å². The first kappa shape index (κ1) is 14.9. The Morgan fingerprint density at radius 1 is 1.09 bits per heavy atom. The SMILES string of the molecule is Cn1cc(C(=O)Nc2cc(F)cc(F)c2)c(=O)c2ccccc21. The minimum atomic E-state index is -0.813. The number of carbonyl (C=O) groups excluding carboxylic acids is 1. The van der Waals surface area contributed by atoms with Crippen LogP contribution >= 0.6 is 0 Å². The molecule has 6 heteroatoms. The molecule has 1 heterocycles. The zero-order chi connectivity index (χ0) is 16.6. The smallest absolute Gasteiger partial charge is 0.261 e. The van der Waals surface area contributed by atoms with E-state index in [0.29, 0.717) is 17.0 Å². The summed E-state index contributed by atoms with van der Waals surface area (Å²) in [6.07, 6.45) is 1.40. The molecule has 3 rings (SSSR count). The Balaban J connectivity index is 2.04. The van der Waals surface area contributed by atoms with Crippen LogP contribution in [0.2, 0.25) is 0 Å². The van der Waals surface area contributed by atoms with Crippen molar-refractivity contribution in [1.82, 2.24) is 4.57 Å². The predicted molar refractivity (Wildman–Crippen MR) is 83.5 cm³/mol. The first-order valence-corrected chi connectivity index (χ1v) is 6.81. The number of fused-ring (bicyclic) bond motifs is 1. The van der Waals surface area contributed by atoms with Crippen molar-refractivity contribution in [2.75, 3.05) is 5.32 Å². The van der Waals surface area contributed by atoms with Crippen molar-refractivity contribution < 1.29 is 13.6 Å². The van der Waals surface area contributed by atoms with Gasteiger partial charge in [-0.1, -0.05) is 12.1 Å². The lowest BCUT2D eigenvalue weighted by Gasteiger charge is -2.09. The number of carbonyl (C=O) groups is 1. The number of hydrogen-bond acceptors (Lipinski definition) is 2. The molecule has 1 aromatic heterocycles. The minimum Gasteiger partial charge on any atom is -0.350 e. The molecule has 0 aliphatic rings. The lowest BCUT2D eigenvalue weighted by Crippen LogP contribution is -2.23. The van der Waals surface area contributed by atoms with Crippen molar-refractivity contribution in [2.24, 2.45) is 7.05 Å². The topological polar surface area (TPSA) is 51.1 Å². The molecule has 4 nitrogen and oxygen atoms in total. The number of pyridine rings is 1. The van der Waals surface area contributed by atoms with E-state index in [9.17, 15) is 18.4 Å². The van der Waals surface area contributed by atoms with Crippen LogP contribution in [0.15, 0.2) is 53.5 Å². The van der Waals surface area contributed by atoms with Crippen LogP contribution in [0.25, 0.3) is 10.9 Å². The van der Waals surface area contributed by atoms with Crippen molar-refractivity contribution >= 4 is 22.5 Å². The summed E-state index contributed by atoms with van der Waals surface area (Å²) in [4.78, 5) is 24.7. The van der Waals surface area contributed by atoms with Crippen molar-refractivity contribution in [3.63, 3.8) is 0 Å². The molecule has 23 heavy (non-hydrogen) atoms. The number of para-hydroxylation sites is 1. The van der Waals surface area contributed by atoms with E-state index < -0.39 is 23.0 Å². The maximum absolute atomic E-state index is 13.2. The number of nitrogens with one attached hydrogen (secondary N) is 1. The number of amides is 1. The predicted octanol–water partition coefficient (Wildman–Crippen LogP) is 3.07. The molecule has 3 aromatic rings. The van der Waals surface area contributed by atoms with E-state index in [4.69, 9.17) is 0 Å². The number of halogens is 2. The monoisotopic (exact) mass is 314 g/mol. The molecule has 116 valence electrons. The standard InChI is InChI=1S/C17H12F2N2O2/c1-21-9-14(16(22)13-4-2-3-5-15(13)21)17(23)20-12-7-10(18)6-11(19)8-12/h2-9H,1H3,(H,20,23). The number of nitrogens with zero attached hydrogens (tertiary/aromatic N) is 1. The van der Waals surface area contributed by atoms with E-state index in [-0.39, 0.29) is 11.3 Å². The molecule has 0 bridgehead atoms. The third-order valence-corrected chi connectivity index (χ3v) is 3.46. The van der Waals surface area contributed by atoms with Crippen LogP contribution in [-0.2, 0) is 7.05 Å². The second-order valence-corrected chi connectivity index (χ2v) is 5.11. The van der Waals surface area contributed by atoms with Crippen LogP contribution in [0, 0.1) is 11.6 Å². The van der Waals surface area contributed by atoms with Crippen LogP contribution in [0.1, 0.15) is 10.4 Å². The average molecular weight is 314 g/mol. The van der Waals surface area contributed by atoms with E-state index in [1.807, 2.05) is 0 Å². The Labute approximate surface area is 130 Å². The summed E-state index contributed by atoms with van der Waals surface area (Å²) in [6.45, 7) is 0.